The van der Waals surface area contributed by atoms with Crippen LogP contribution in [0.1, 0.15) is 42.5 Å². The van der Waals surface area contributed by atoms with Gasteiger partial charge in [-0.05, 0) is 38.2 Å². The van der Waals surface area contributed by atoms with Crippen molar-refractivity contribution in [3.8, 4) is 0 Å². The van der Waals surface area contributed by atoms with E-state index in [-0.39, 0.29) is 17.7 Å². The van der Waals surface area contributed by atoms with Crippen molar-refractivity contribution in [1.29, 1.82) is 0 Å². The Labute approximate surface area is 153 Å². The molecule has 1 aliphatic heterocycles. The highest BCUT2D eigenvalue weighted by Crippen LogP contribution is 2.24. The fourth-order valence-corrected chi connectivity index (χ4v) is 3.85. The molecule has 0 bridgehead atoms. The van der Waals surface area contributed by atoms with E-state index in [2.05, 4.69) is 16.4 Å². The maximum atomic E-state index is 12.7. The SMILES string of the molecule is O=C(NCCC1=CCCCC1)C1CN(C(=O)c2c[nH]c3ccccc23)C1. The van der Waals surface area contributed by atoms with Gasteiger partial charge in [-0.25, -0.2) is 0 Å². The number of aromatic nitrogens is 1. The molecule has 4 rings (SSSR count). The zero-order valence-corrected chi connectivity index (χ0v) is 15.0. The van der Waals surface area contributed by atoms with Gasteiger partial charge >= 0.3 is 0 Å². The molecule has 0 unspecified atom stereocenters. The normalized spacial score (nSPS) is 17.7. The number of likely N-dealkylation sites (tertiary alicyclic amines) is 1. The summed E-state index contributed by atoms with van der Waals surface area (Å²) in [7, 11) is 0. The van der Waals surface area contributed by atoms with E-state index < -0.39 is 0 Å². The van der Waals surface area contributed by atoms with Gasteiger partial charge in [0.1, 0.15) is 0 Å². The number of nitrogens with zero attached hydrogens (tertiary/aromatic N) is 1. The molecule has 2 heterocycles. The van der Waals surface area contributed by atoms with Crippen LogP contribution in [0.15, 0.2) is 42.1 Å². The van der Waals surface area contributed by atoms with Crippen LogP contribution in [0.3, 0.4) is 0 Å². The number of carbonyl (C=O) groups is 2. The highest BCUT2D eigenvalue weighted by Gasteiger charge is 2.36. The summed E-state index contributed by atoms with van der Waals surface area (Å²) in [5, 5.41) is 3.97. The first-order valence-corrected chi connectivity index (χ1v) is 9.53. The number of aromatic amines is 1. The van der Waals surface area contributed by atoms with Crippen LogP contribution >= 0.6 is 0 Å². The zero-order chi connectivity index (χ0) is 17.9. The highest BCUT2D eigenvalue weighted by atomic mass is 16.2. The summed E-state index contributed by atoms with van der Waals surface area (Å²) in [6.45, 7) is 1.72. The fraction of sp³-hybridized carbons (Fsp3) is 0.429. The smallest absolute Gasteiger partial charge is 0.256 e. The number of allylic oxidation sites excluding steroid dienone is 1. The molecule has 1 fully saturated rings. The van der Waals surface area contributed by atoms with E-state index in [1.165, 1.54) is 31.3 Å². The Bertz CT molecular complexity index is 846. The lowest BCUT2D eigenvalue weighted by Gasteiger charge is -2.38. The van der Waals surface area contributed by atoms with Crippen LogP contribution in [-0.2, 0) is 4.79 Å². The number of nitrogens with one attached hydrogen (secondary N) is 2. The molecule has 2 N–H and O–H groups in total. The van der Waals surface area contributed by atoms with Gasteiger partial charge in [0.05, 0.1) is 11.5 Å². The molecule has 1 aromatic heterocycles. The van der Waals surface area contributed by atoms with E-state index in [9.17, 15) is 9.59 Å². The number of H-pyrrole nitrogens is 1. The third-order valence-electron chi connectivity index (χ3n) is 5.49. The van der Waals surface area contributed by atoms with E-state index in [0.29, 0.717) is 25.2 Å². The van der Waals surface area contributed by atoms with Gasteiger partial charge in [0.2, 0.25) is 5.91 Å². The third-order valence-corrected chi connectivity index (χ3v) is 5.49. The molecule has 136 valence electrons. The van der Waals surface area contributed by atoms with E-state index >= 15 is 0 Å². The summed E-state index contributed by atoms with van der Waals surface area (Å²) < 4.78 is 0. The van der Waals surface area contributed by atoms with Crippen molar-refractivity contribution >= 4 is 22.7 Å². The molecular weight excluding hydrogens is 326 g/mol. The summed E-state index contributed by atoms with van der Waals surface area (Å²) >= 11 is 0. The van der Waals surface area contributed by atoms with Gasteiger partial charge in [-0.1, -0.05) is 29.8 Å². The number of hydrogen-bond acceptors (Lipinski definition) is 2. The largest absolute Gasteiger partial charge is 0.360 e. The van der Waals surface area contributed by atoms with Crippen LogP contribution in [0.2, 0.25) is 0 Å². The Balaban J connectivity index is 1.26. The highest BCUT2D eigenvalue weighted by molar-refractivity contribution is 6.07. The monoisotopic (exact) mass is 351 g/mol. The molecule has 0 saturated carbocycles. The Hall–Kier alpha value is -2.56. The predicted molar refractivity (Wildman–Crippen MR) is 102 cm³/mol. The molecule has 1 aliphatic carbocycles. The van der Waals surface area contributed by atoms with E-state index in [1.807, 2.05) is 24.3 Å². The van der Waals surface area contributed by atoms with Crippen molar-refractivity contribution < 1.29 is 9.59 Å². The molecule has 0 atom stereocenters. The van der Waals surface area contributed by atoms with E-state index in [4.69, 9.17) is 0 Å². The Kier molecular flexibility index (Phi) is 4.78. The van der Waals surface area contributed by atoms with Crippen molar-refractivity contribution in [2.75, 3.05) is 19.6 Å². The van der Waals surface area contributed by atoms with Crippen LogP contribution in [0.5, 0.6) is 0 Å². The standard InChI is InChI=1S/C21H25N3O2/c25-20(22-11-10-15-6-2-1-3-7-15)16-13-24(14-16)21(26)18-12-23-19-9-5-4-8-17(18)19/h4-6,8-9,12,16,23H,1-3,7,10-11,13-14H2,(H,22,25). The lowest BCUT2D eigenvalue weighted by Crippen LogP contribution is -2.55. The average molecular weight is 351 g/mol. The molecule has 5 heteroatoms. The van der Waals surface area contributed by atoms with Gasteiger partial charge in [0.15, 0.2) is 0 Å². The van der Waals surface area contributed by atoms with Crippen LogP contribution < -0.4 is 5.32 Å². The van der Waals surface area contributed by atoms with Gasteiger partial charge in [-0.15, -0.1) is 0 Å². The molecule has 2 aliphatic rings. The van der Waals surface area contributed by atoms with Gasteiger partial charge < -0.3 is 15.2 Å². The second-order valence-electron chi connectivity index (χ2n) is 7.30. The number of para-hydroxylation sites is 1. The molecule has 26 heavy (non-hydrogen) atoms. The molecule has 1 saturated heterocycles. The number of hydrogen-bond donors (Lipinski definition) is 2. The van der Waals surface area contributed by atoms with Crippen molar-refractivity contribution in [3.05, 3.63) is 47.7 Å². The maximum Gasteiger partial charge on any atom is 0.256 e. The van der Waals surface area contributed by atoms with Crippen molar-refractivity contribution in [1.82, 2.24) is 15.2 Å². The van der Waals surface area contributed by atoms with Crippen LogP contribution in [0, 0.1) is 5.92 Å². The average Bonchev–Trinajstić information content (AvgIpc) is 3.05. The van der Waals surface area contributed by atoms with Crippen LogP contribution in [-0.4, -0.2) is 41.3 Å². The summed E-state index contributed by atoms with van der Waals surface area (Å²) in [5.74, 6) is -0.00672. The second kappa shape index (κ2) is 7.36. The molecule has 0 spiro atoms. The molecule has 2 amide bonds. The van der Waals surface area contributed by atoms with Gasteiger partial charge in [0, 0.05) is 36.7 Å². The number of amides is 2. The van der Waals surface area contributed by atoms with Gasteiger partial charge in [-0.3, -0.25) is 9.59 Å². The number of fused-ring (bicyclic) bond motifs is 1. The van der Waals surface area contributed by atoms with Crippen molar-refractivity contribution in [2.24, 2.45) is 5.92 Å². The zero-order valence-electron chi connectivity index (χ0n) is 15.0. The molecular formula is C21H25N3O2. The first-order chi connectivity index (χ1) is 12.7. The van der Waals surface area contributed by atoms with Crippen molar-refractivity contribution in [2.45, 2.75) is 32.1 Å². The number of rotatable bonds is 5. The minimum Gasteiger partial charge on any atom is -0.360 e. The quantitative estimate of drug-likeness (QED) is 0.812. The molecule has 1 aromatic carbocycles. The third kappa shape index (κ3) is 3.39. The van der Waals surface area contributed by atoms with Crippen molar-refractivity contribution in [3.63, 3.8) is 0 Å². The van der Waals surface area contributed by atoms with E-state index in [0.717, 1.165) is 17.3 Å². The lowest BCUT2D eigenvalue weighted by atomic mass is 9.96. The lowest BCUT2D eigenvalue weighted by molar-refractivity contribution is -0.128. The number of benzene rings is 1. The molecule has 2 aromatic rings. The maximum absolute atomic E-state index is 12.7. The summed E-state index contributed by atoms with van der Waals surface area (Å²) in [6, 6.07) is 7.78. The van der Waals surface area contributed by atoms with Gasteiger partial charge in [0.25, 0.3) is 5.91 Å². The topological polar surface area (TPSA) is 65.2 Å². The van der Waals surface area contributed by atoms with Gasteiger partial charge in [-0.2, -0.15) is 0 Å². The molecule has 5 nitrogen and oxygen atoms in total. The minimum absolute atomic E-state index is 0.00105. The molecule has 0 radical (unpaired) electrons. The summed E-state index contributed by atoms with van der Waals surface area (Å²) in [6.07, 6.45) is 9.95. The number of carbonyl (C=O) groups excluding carboxylic acids is 2. The minimum atomic E-state index is -0.0792. The van der Waals surface area contributed by atoms with Crippen LogP contribution in [0.25, 0.3) is 10.9 Å². The Morgan fingerprint density at radius 3 is 2.85 bits per heavy atom. The Morgan fingerprint density at radius 2 is 2.04 bits per heavy atom. The van der Waals surface area contributed by atoms with E-state index in [1.54, 1.807) is 11.1 Å². The summed E-state index contributed by atoms with van der Waals surface area (Å²) in [5.41, 5.74) is 3.12. The summed E-state index contributed by atoms with van der Waals surface area (Å²) in [4.78, 5) is 29.8. The first-order valence-electron chi connectivity index (χ1n) is 9.53. The fourth-order valence-electron chi connectivity index (χ4n) is 3.85. The predicted octanol–water partition coefficient (Wildman–Crippen LogP) is 3.25. The first kappa shape index (κ1) is 16.9. The van der Waals surface area contributed by atoms with Crippen LogP contribution in [0.4, 0.5) is 0 Å². The second-order valence-corrected chi connectivity index (χ2v) is 7.30. The Morgan fingerprint density at radius 1 is 1.19 bits per heavy atom.